The van der Waals surface area contributed by atoms with Crippen LogP contribution in [0.2, 0.25) is 0 Å². The third-order valence-electron chi connectivity index (χ3n) is 8.55. The summed E-state index contributed by atoms with van der Waals surface area (Å²) >= 11 is 0. The molecule has 1 saturated heterocycles. The summed E-state index contributed by atoms with van der Waals surface area (Å²) in [7, 11) is 5.05. The second kappa shape index (κ2) is 21.2. The number of anilines is 1. The van der Waals surface area contributed by atoms with Crippen molar-refractivity contribution in [3.8, 4) is 5.75 Å². The molecule has 5 amide bonds. The quantitative estimate of drug-likeness (QED) is 0.0350. The number of benzene rings is 1. The second-order valence-electron chi connectivity index (χ2n) is 13.1. The molecule has 7 atom stereocenters. The number of imide groups is 1. The van der Waals surface area contributed by atoms with E-state index in [4.69, 9.17) is 27.8 Å². The molecule has 2 heterocycles. The fourth-order valence-corrected chi connectivity index (χ4v) is 5.48. The van der Waals surface area contributed by atoms with Crippen LogP contribution in [0.3, 0.4) is 0 Å². The van der Waals surface area contributed by atoms with E-state index in [-0.39, 0.29) is 62.3 Å². The highest BCUT2D eigenvalue weighted by Crippen LogP contribution is 2.31. The predicted molar refractivity (Wildman–Crippen MR) is 191 cm³/mol. The average molecular weight is 775 g/mol. The molecule has 20 nitrogen and oxygen atoms in total. The molecule has 21 heteroatoms. The molecule has 3 rings (SSSR count). The number of ether oxygens (including phenoxy) is 3. The monoisotopic (exact) mass is 774 g/mol. The number of nitrogens with zero attached hydrogens (tertiary/aromatic N) is 1. The van der Waals surface area contributed by atoms with E-state index in [1.165, 1.54) is 18.2 Å². The molecule has 0 saturated carbocycles. The first kappa shape index (κ1) is 44.5. The minimum absolute atomic E-state index is 0.000487. The molecule has 300 valence electrons. The van der Waals surface area contributed by atoms with Crippen molar-refractivity contribution in [3.63, 3.8) is 0 Å². The number of hydrogen-bond acceptors (Lipinski definition) is 15. The first-order chi connectivity index (χ1) is 26.0. The van der Waals surface area contributed by atoms with Gasteiger partial charge in [-0.05, 0) is 37.0 Å². The number of aliphatic hydroxyl groups is 3. The number of carbonyl (C=O) groups is 7. The third-order valence-corrected chi connectivity index (χ3v) is 8.55. The van der Waals surface area contributed by atoms with Crippen LogP contribution in [0.15, 0.2) is 30.4 Å². The molecule has 2 radical (unpaired) electrons. The number of aliphatic hydroxyl groups excluding tert-OH is 3. The van der Waals surface area contributed by atoms with Crippen molar-refractivity contribution in [1.29, 1.82) is 0 Å². The van der Waals surface area contributed by atoms with E-state index in [0.717, 1.165) is 17.1 Å². The number of hydrogen-bond donors (Lipinski definition) is 9. The van der Waals surface area contributed by atoms with Crippen LogP contribution < -0.4 is 31.7 Å². The van der Waals surface area contributed by atoms with Gasteiger partial charge in [0.2, 0.25) is 37.7 Å². The van der Waals surface area contributed by atoms with Crippen LogP contribution in [0.4, 0.5) is 10.5 Å². The normalized spacial score (nSPS) is 21.9. The Kier molecular flexibility index (Phi) is 17.2. The van der Waals surface area contributed by atoms with Gasteiger partial charge in [-0.15, -0.1) is 0 Å². The van der Waals surface area contributed by atoms with Crippen molar-refractivity contribution in [2.75, 3.05) is 31.5 Å². The van der Waals surface area contributed by atoms with Crippen molar-refractivity contribution >= 4 is 54.9 Å². The zero-order valence-corrected chi connectivity index (χ0v) is 30.3. The number of nitrogens with two attached hydrogens (primary N) is 1. The van der Waals surface area contributed by atoms with Gasteiger partial charge in [-0.2, -0.15) is 0 Å². The molecule has 2 aliphatic heterocycles. The Balaban J connectivity index is 1.67. The molecule has 0 aromatic heterocycles. The van der Waals surface area contributed by atoms with Crippen LogP contribution in [-0.4, -0.2) is 144 Å². The maximum atomic E-state index is 13.3. The van der Waals surface area contributed by atoms with E-state index < -0.39 is 78.3 Å². The van der Waals surface area contributed by atoms with E-state index in [0.29, 0.717) is 24.9 Å². The summed E-state index contributed by atoms with van der Waals surface area (Å²) in [5, 5.41) is 51.1. The number of amides is 5. The summed E-state index contributed by atoms with van der Waals surface area (Å²) in [6, 6.07) is 2.41. The zero-order chi connectivity index (χ0) is 40.8. The van der Waals surface area contributed by atoms with Crippen molar-refractivity contribution in [2.24, 2.45) is 11.7 Å². The Morgan fingerprint density at radius 3 is 2.25 bits per heavy atom. The van der Waals surface area contributed by atoms with Crippen molar-refractivity contribution in [3.05, 3.63) is 35.9 Å². The topological polar surface area (TPSA) is 305 Å². The number of nitrogens with one attached hydrogen (secondary N) is 4. The molecular weight excluding hydrogens is 727 g/mol. The number of aliphatic carboxylic acids is 1. The van der Waals surface area contributed by atoms with Crippen molar-refractivity contribution < 1.29 is 68.2 Å². The molecular formula is C34H47BN6O14. The van der Waals surface area contributed by atoms with Crippen LogP contribution in [0.1, 0.15) is 45.1 Å². The zero-order valence-electron chi connectivity index (χ0n) is 30.3. The second-order valence-corrected chi connectivity index (χ2v) is 13.1. The molecule has 0 aliphatic carbocycles. The lowest BCUT2D eigenvalue weighted by molar-refractivity contribution is -0.271. The third kappa shape index (κ3) is 13.1. The number of rotatable bonds is 21. The fraction of sp³-hybridized carbons (Fsp3) is 0.559. The Bertz CT molecular complexity index is 1580. The number of unbranched alkanes of at least 4 members (excludes halogenated alkanes) is 1. The Labute approximate surface area is 317 Å². The highest BCUT2D eigenvalue weighted by atomic mass is 16.7. The van der Waals surface area contributed by atoms with Gasteiger partial charge < -0.3 is 61.6 Å². The van der Waals surface area contributed by atoms with Gasteiger partial charge in [0.15, 0.2) is 6.10 Å². The minimum Gasteiger partial charge on any atom is -0.479 e. The number of carboxylic acid groups (broad SMARTS) is 1. The summed E-state index contributed by atoms with van der Waals surface area (Å²) in [6.07, 6.45) is -6.30. The van der Waals surface area contributed by atoms with Gasteiger partial charge in [0.25, 0.3) is 11.8 Å². The van der Waals surface area contributed by atoms with Crippen LogP contribution in [-0.2, 0) is 44.8 Å². The van der Waals surface area contributed by atoms with Crippen LogP contribution in [0, 0.1) is 5.92 Å². The molecule has 1 aromatic rings. The summed E-state index contributed by atoms with van der Waals surface area (Å²) in [5.74, 6) is -5.41. The molecule has 1 fully saturated rings. The van der Waals surface area contributed by atoms with Crippen LogP contribution in [0.5, 0.6) is 5.75 Å². The van der Waals surface area contributed by atoms with E-state index in [9.17, 15) is 54.0 Å². The molecule has 2 aliphatic rings. The van der Waals surface area contributed by atoms with Gasteiger partial charge in [0, 0.05) is 50.7 Å². The van der Waals surface area contributed by atoms with Crippen molar-refractivity contribution in [2.45, 2.75) is 88.9 Å². The van der Waals surface area contributed by atoms with Gasteiger partial charge in [-0.25, -0.2) is 4.79 Å². The largest absolute Gasteiger partial charge is 0.479 e. The summed E-state index contributed by atoms with van der Waals surface area (Å²) < 4.78 is 15.6. The summed E-state index contributed by atoms with van der Waals surface area (Å²) in [4.78, 5) is 86.5. The lowest BCUT2D eigenvalue weighted by Gasteiger charge is -2.38. The minimum atomic E-state index is -1.97. The molecule has 55 heavy (non-hydrogen) atoms. The Morgan fingerprint density at radius 1 is 0.964 bits per heavy atom. The molecule has 0 bridgehead atoms. The fourth-order valence-electron chi connectivity index (χ4n) is 5.48. The van der Waals surface area contributed by atoms with E-state index in [1.807, 2.05) is 0 Å². The van der Waals surface area contributed by atoms with Crippen LogP contribution >= 0.6 is 0 Å². The van der Waals surface area contributed by atoms with Gasteiger partial charge in [-0.3, -0.25) is 33.7 Å². The van der Waals surface area contributed by atoms with Gasteiger partial charge in [0.1, 0.15) is 30.7 Å². The molecule has 2 unspecified atom stereocenters. The predicted octanol–water partition coefficient (Wildman–Crippen LogP) is -2.64. The molecule has 1 aromatic carbocycles. The number of carbonyl (C=O) groups excluding carboxylic acids is 6. The molecule has 10 N–H and O–H groups in total. The molecule has 0 spiro atoms. The standard InChI is InChI=1S/C34H47BN6O14/c1-17(2)30(48)37-11-4-3-5-20(39-15-19(14-36)41-24(43)8-9-25(41)44)31(49)38-12-10-23(42)40-21-13-18(16-53-34(35)52)6-7-22(21)54-33-28(47)26(45)27(46)29(55-33)32(50)51/h6-9,13,17,19-20,26-29,33,39,45-47H,3-5,10-12,14-16,36H2,1-2H3,(H,37,48)(H,38,49)(H,40,42)(H,50,51)/t19?,20?,26-,27-,28+,29-,33+/m0/s1. The van der Waals surface area contributed by atoms with E-state index in [2.05, 4.69) is 21.3 Å². The van der Waals surface area contributed by atoms with Crippen LogP contribution in [0.25, 0.3) is 0 Å². The van der Waals surface area contributed by atoms with E-state index in [1.54, 1.807) is 13.8 Å². The first-order valence-electron chi connectivity index (χ1n) is 17.5. The summed E-state index contributed by atoms with van der Waals surface area (Å²) in [5.41, 5.74) is 6.10. The smallest absolute Gasteiger partial charge is 0.335 e. The highest BCUT2D eigenvalue weighted by molar-refractivity contribution is 6.55. The lowest BCUT2D eigenvalue weighted by Crippen LogP contribution is -2.61. The highest BCUT2D eigenvalue weighted by Gasteiger charge is 2.48. The lowest BCUT2D eigenvalue weighted by atomic mass is 9.99. The number of carboxylic acids is 1. The van der Waals surface area contributed by atoms with Crippen molar-refractivity contribution in [1.82, 2.24) is 20.9 Å². The Morgan fingerprint density at radius 2 is 1.64 bits per heavy atom. The van der Waals surface area contributed by atoms with E-state index >= 15 is 0 Å². The van der Waals surface area contributed by atoms with Gasteiger partial charge >= 0.3 is 5.97 Å². The maximum Gasteiger partial charge on any atom is 0.335 e. The maximum absolute atomic E-state index is 13.3. The summed E-state index contributed by atoms with van der Waals surface area (Å²) in [6.45, 7) is 3.35. The van der Waals surface area contributed by atoms with Gasteiger partial charge in [0.05, 0.1) is 17.8 Å². The first-order valence-corrected chi connectivity index (χ1v) is 17.5. The van der Waals surface area contributed by atoms with Gasteiger partial charge in [-0.1, -0.05) is 19.9 Å². The SMILES string of the molecule is [B]C(=O)OCc1ccc(O[C@@H]2O[C@H](C(=O)O)[C@@H](O)[C@H](O)[C@H]2O)c(NC(=O)CCNC(=O)C(CCCCNC(=O)C(C)C)NCC(CN)N2C(=O)C=CC2=O)c1. The Hall–Kier alpha value is -4.93. The average Bonchev–Trinajstić information content (AvgIpc) is 3.47.